The molecule has 9 unspecified atom stereocenters. The fourth-order valence-electron chi connectivity index (χ4n) is 8.42. The number of aliphatic hydroxyl groups is 3. The molecular formula is C29H46O4. The lowest BCUT2D eigenvalue weighted by molar-refractivity contribution is -0.223. The van der Waals surface area contributed by atoms with Gasteiger partial charge in [-0.15, -0.1) is 0 Å². The highest BCUT2D eigenvalue weighted by Gasteiger charge is 2.71. The average Bonchev–Trinajstić information content (AvgIpc) is 3.09. The predicted octanol–water partition coefficient (Wildman–Crippen LogP) is 5.21. The Hall–Kier alpha value is -0.970. The number of carbonyl (C=O) groups is 1. The van der Waals surface area contributed by atoms with E-state index >= 15 is 0 Å². The molecule has 0 aromatic rings. The van der Waals surface area contributed by atoms with E-state index in [1.165, 1.54) is 5.57 Å². The summed E-state index contributed by atoms with van der Waals surface area (Å²) in [5.41, 5.74) is -1.45. The smallest absolute Gasteiger partial charge is 0.188 e. The van der Waals surface area contributed by atoms with Gasteiger partial charge in [0.05, 0.1) is 11.7 Å². The molecule has 33 heavy (non-hydrogen) atoms. The van der Waals surface area contributed by atoms with E-state index in [-0.39, 0.29) is 23.5 Å². The van der Waals surface area contributed by atoms with E-state index in [4.69, 9.17) is 0 Å². The molecule has 0 amide bonds. The Morgan fingerprint density at radius 2 is 1.70 bits per heavy atom. The molecule has 0 spiro atoms. The molecule has 0 aromatic carbocycles. The maximum atomic E-state index is 13.3. The summed E-state index contributed by atoms with van der Waals surface area (Å²) in [7, 11) is 0. The number of allylic oxidation sites excluding steroid dienone is 2. The van der Waals surface area contributed by atoms with Gasteiger partial charge in [-0.05, 0) is 92.1 Å². The van der Waals surface area contributed by atoms with Crippen molar-refractivity contribution in [3.8, 4) is 0 Å². The Balaban J connectivity index is 1.69. The molecule has 0 radical (unpaired) electrons. The van der Waals surface area contributed by atoms with Crippen molar-refractivity contribution in [1.82, 2.24) is 0 Å². The second kappa shape index (κ2) is 8.03. The molecular weight excluding hydrogens is 412 g/mol. The molecule has 3 fully saturated rings. The first-order valence-corrected chi connectivity index (χ1v) is 13.3. The first-order valence-electron chi connectivity index (χ1n) is 13.3. The van der Waals surface area contributed by atoms with E-state index in [0.717, 1.165) is 24.8 Å². The molecule has 4 rings (SSSR count). The molecule has 0 aromatic heterocycles. The van der Waals surface area contributed by atoms with Crippen LogP contribution in [0.5, 0.6) is 0 Å². The number of hydrogen-bond donors (Lipinski definition) is 3. The lowest BCUT2D eigenvalue weighted by atomic mass is 9.43. The van der Waals surface area contributed by atoms with Crippen LogP contribution < -0.4 is 0 Å². The first kappa shape index (κ1) is 25.1. The van der Waals surface area contributed by atoms with E-state index < -0.39 is 22.7 Å². The van der Waals surface area contributed by atoms with Crippen LogP contribution in [0.2, 0.25) is 0 Å². The minimum absolute atomic E-state index is 0.0219. The van der Waals surface area contributed by atoms with Gasteiger partial charge >= 0.3 is 0 Å². The number of fused-ring (bicyclic) bond motifs is 5. The Labute approximate surface area is 200 Å². The molecule has 4 heteroatoms. The topological polar surface area (TPSA) is 77.8 Å². The Kier molecular flexibility index (Phi) is 6.12. The number of ketones is 1. The van der Waals surface area contributed by atoms with E-state index in [0.29, 0.717) is 42.9 Å². The van der Waals surface area contributed by atoms with Crippen LogP contribution >= 0.6 is 0 Å². The lowest BCUT2D eigenvalue weighted by Crippen LogP contribution is -2.71. The van der Waals surface area contributed by atoms with Gasteiger partial charge in [0.1, 0.15) is 5.60 Å². The van der Waals surface area contributed by atoms with Crippen LogP contribution in [0.15, 0.2) is 23.3 Å². The highest BCUT2D eigenvalue weighted by molar-refractivity contribution is 6.00. The van der Waals surface area contributed by atoms with Crippen molar-refractivity contribution >= 4 is 5.78 Å². The maximum Gasteiger partial charge on any atom is 0.188 e. The minimum Gasteiger partial charge on any atom is -0.393 e. The molecule has 0 aliphatic heterocycles. The van der Waals surface area contributed by atoms with Crippen LogP contribution in [0.1, 0.15) is 93.4 Å². The number of carbonyl (C=O) groups excluding carboxylic acids is 1. The number of rotatable bonds is 4. The van der Waals surface area contributed by atoms with Gasteiger partial charge in [-0.1, -0.05) is 53.2 Å². The fourth-order valence-corrected chi connectivity index (χ4v) is 8.42. The summed E-state index contributed by atoms with van der Waals surface area (Å²) in [6.07, 6.45) is 7.93. The fraction of sp³-hybridized carbons (Fsp3) is 0.828. The van der Waals surface area contributed by atoms with Crippen molar-refractivity contribution in [3.63, 3.8) is 0 Å². The summed E-state index contributed by atoms with van der Waals surface area (Å²) in [6, 6.07) is 0. The maximum absolute atomic E-state index is 13.3. The van der Waals surface area contributed by atoms with Gasteiger partial charge in [0, 0.05) is 11.8 Å². The standard InChI is InChI=1S/C29H46O4/c1-17(2)20(5)18(3)14-19(4)22-8-9-23-24-15-25(31)29(33)16-21(30)10-11-27(29,7)28(24,32)13-12-26(22,23)6/h14-15,17,19-23,30,32-33H,8-13,16H2,1-7H3/b18-14+. The van der Waals surface area contributed by atoms with Crippen molar-refractivity contribution < 1.29 is 20.1 Å². The second-order valence-electron chi connectivity index (χ2n) is 13.0. The molecule has 0 bridgehead atoms. The summed E-state index contributed by atoms with van der Waals surface area (Å²) < 4.78 is 0. The van der Waals surface area contributed by atoms with Gasteiger partial charge in [-0.2, -0.15) is 0 Å². The highest BCUT2D eigenvalue weighted by Crippen LogP contribution is 2.68. The SMILES string of the molecule is C/C(=C\C(C)C1CCC2C3=CC(=O)C4(O)CC(O)CCC4(C)C3(O)CCC21C)C(C)C(C)C. The van der Waals surface area contributed by atoms with Crippen LogP contribution in [-0.4, -0.2) is 38.4 Å². The van der Waals surface area contributed by atoms with Crippen molar-refractivity contribution in [1.29, 1.82) is 0 Å². The molecule has 9 atom stereocenters. The van der Waals surface area contributed by atoms with E-state index in [2.05, 4.69) is 47.6 Å². The third kappa shape index (κ3) is 3.37. The normalized spacial score (nSPS) is 47.5. The average molecular weight is 459 g/mol. The van der Waals surface area contributed by atoms with Crippen LogP contribution in [-0.2, 0) is 4.79 Å². The summed E-state index contributed by atoms with van der Waals surface area (Å²) >= 11 is 0. The Morgan fingerprint density at radius 3 is 2.33 bits per heavy atom. The van der Waals surface area contributed by atoms with Crippen LogP contribution in [0.4, 0.5) is 0 Å². The largest absolute Gasteiger partial charge is 0.393 e. The molecule has 3 saturated carbocycles. The van der Waals surface area contributed by atoms with Gasteiger partial charge in [0.25, 0.3) is 0 Å². The van der Waals surface area contributed by atoms with Crippen LogP contribution in [0.3, 0.4) is 0 Å². The summed E-state index contributed by atoms with van der Waals surface area (Å²) in [4.78, 5) is 13.3. The highest BCUT2D eigenvalue weighted by atomic mass is 16.3. The molecule has 4 aliphatic rings. The zero-order valence-corrected chi connectivity index (χ0v) is 21.8. The van der Waals surface area contributed by atoms with Gasteiger partial charge in [-0.3, -0.25) is 4.79 Å². The molecule has 4 aliphatic carbocycles. The van der Waals surface area contributed by atoms with Gasteiger partial charge in [0.2, 0.25) is 0 Å². The Morgan fingerprint density at radius 1 is 1.03 bits per heavy atom. The van der Waals surface area contributed by atoms with Crippen molar-refractivity contribution in [2.24, 2.45) is 40.4 Å². The summed E-state index contributed by atoms with van der Waals surface area (Å²) in [5.74, 6) is 2.00. The zero-order valence-electron chi connectivity index (χ0n) is 21.8. The van der Waals surface area contributed by atoms with Gasteiger partial charge in [0.15, 0.2) is 5.78 Å². The van der Waals surface area contributed by atoms with Crippen molar-refractivity contribution in [3.05, 3.63) is 23.3 Å². The zero-order chi connectivity index (χ0) is 24.6. The molecule has 0 saturated heterocycles. The number of aliphatic hydroxyl groups excluding tert-OH is 1. The Bertz CT molecular complexity index is 873. The second-order valence-corrected chi connectivity index (χ2v) is 13.0. The van der Waals surface area contributed by atoms with Gasteiger partial charge < -0.3 is 15.3 Å². The predicted molar refractivity (Wildman–Crippen MR) is 131 cm³/mol. The molecule has 3 N–H and O–H groups in total. The van der Waals surface area contributed by atoms with E-state index in [1.807, 2.05) is 6.92 Å². The van der Waals surface area contributed by atoms with Crippen molar-refractivity contribution in [2.45, 2.75) is 111 Å². The molecule has 0 heterocycles. The van der Waals surface area contributed by atoms with Gasteiger partial charge in [-0.25, -0.2) is 0 Å². The van der Waals surface area contributed by atoms with E-state index in [9.17, 15) is 20.1 Å². The lowest BCUT2D eigenvalue weighted by Gasteiger charge is -2.63. The number of hydrogen-bond acceptors (Lipinski definition) is 4. The first-order chi connectivity index (χ1) is 15.2. The van der Waals surface area contributed by atoms with E-state index in [1.54, 1.807) is 6.08 Å². The van der Waals surface area contributed by atoms with Crippen LogP contribution in [0, 0.1) is 40.4 Å². The molecule has 186 valence electrons. The summed E-state index contributed by atoms with van der Waals surface area (Å²) in [6.45, 7) is 15.7. The monoisotopic (exact) mass is 458 g/mol. The minimum atomic E-state index is -1.69. The summed E-state index contributed by atoms with van der Waals surface area (Å²) in [5, 5.41) is 34.0. The third-order valence-corrected chi connectivity index (χ3v) is 11.2. The quantitative estimate of drug-likeness (QED) is 0.506. The third-order valence-electron chi connectivity index (χ3n) is 11.2. The van der Waals surface area contributed by atoms with Crippen LogP contribution in [0.25, 0.3) is 0 Å². The van der Waals surface area contributed by atoms with Crippen molar-refractivity contribution in [2.75, 3.05) is 0 Å². The molecule has 4 nitrogen and oxygen atoms in total.